The molecule has 0 saturated heterocycles. The Hall–Kier alpha value is -1.47. The fourth-order valence-electron chi connectivity index (χ4n) is 1.28. The van der Waals surface area contributed by atoms with E-state index in [0.717, 1.165) is 16.1 Å². The monoisotopic (exact) mass is 206 g/mol. The fourth-order valence-corrected chi connectivity index (χ4v) is 2.23. The summed E-state index contributed by atoms with van der Waals surface area (Å²) in [5, 5.41) is 9.74. The lowest BCUT2D eigenvalue weighted by molar-refractivity contribution is 0.629. The molecular formula is C10H7FN2S. The number of rotatable bonds is 1. The van der Waals surface area contributed by atoms with Crippen molar-refractivity contribution in [2.24, 2.45) is 0 Å². The zero-order valence-electron chi connectivity index (χ0n) is 7.54. The van der Waals surface area contributed by atoms with Crippen molar-refractivity contribution in [1.82, 2.24) is 4.98 Å². The quantitative estimate of drug-likeness (QED) is 0.719. The number of benzene rings is 1. The van der Waals surface area contributed by atoms with Gasteiger partial charge in [-0.2, -0.15) is 5.26 Å². The molecule has 0 aliphatic heterocycles. The van der Waals surface area contributed by atoms with Crippen LogP contribution in [0.4, 0.5) is 4.39 Å². The maximum Gasteiger partial charge on any atom is 0.126 e. The van der Waals surface area contributed by atoms with Gasteiger partial charge in [0, 0.05) is 6.07 Å². The first-order valence-corrected chi connectivity index (χ1v) is 5.05. The van der Waals surface area contributed by atoms with E-state index < -0.39 is 5.82 Å². The smallest absolute Gasteiger partial charge is 0.126 e. The number of thiazole rings is 1. The summed E-state index contributed by atoms with van der Waals surface area (Å²) in [6, 6.07) is 4.60. The van der Waals surface area contributed by atoms with Crippen LogP contribution in [0.15, 0.2) is 12.1 Å². The van der Waals surface area contributed by atoms with Gasteiger partial charge in [0.25, 0.3) is 0 Å². The third-order valence-electron chi connectivity index (χ3n) is 1.92. The van der Waals surface area contributed by atoms with Crippen LogP contribution in [-0.4, -0.2) is 4.98 Å². The van der Waals surface area contributed by atoms with Gasteiger partial charge in [-0.1, -0.05) is 6.92 Å². The van der Waals surface area contributed by atoms with E-state index in [4.69, 9.17) is 5.26 Å². The molecule has 14 heavy (non-hydrogen) atoms. The van der Waals surface area contributed by atoms with Crippen molar-refractivity contribution in [2.75, 3.05) is 0 Å². The molecule has 0 spiro atoms. The number of fused-ring (bicyclic) bond motifs is 1. The lowest BCUT2D eigenvalue weighted by Gasteiger charge is -1.91. The van der Waals surface area contributed by atoms with Crippen molar-refractivity contribution in [3.63, 3.8) is 0 Å². The molecule has 0 atom stereocenters. The highest BCUT2D eigenvalue weighted by atomic mass is 32.1. The molecule has 0 saturated carbocycles. The molecule has 1 aromatic heterocycles. The highest BCUT2D eigenvalue weighted by Crippen LogP contribution is 2.26. The Balaban J connectivity index is 2.79. The Morgan fingerprint density at radius 3 is 3.00 bits per heavy atom. The average molecular weight is 206 g/mol. The summed E-state index contributed by atoms with van der Waals surface area (Å²) in [5.41, 5.74) is 0.959. The Labute approximate surface area is 84.6 Å². The second kappa shape index (κ2) is 3.35. The number of nitriles is 1. The molecule has 70 valence electrons. The maximum absolute atomic E-state index is 13.0. The molecule has 2 aromatic rings. The summed E-state index contributed by atoms with van der Waals surface area (Å²) in [7, 11) is 0. The average Bonchev–Trinajstić information content (AvgIpc) is 2.59. The minimum absolute atomic E-state index is 0.372. The number of nitrogens with zero attached hydrogens (tertiary/aromatic N) is 2. The normalized spacial score (nSPS) is 10.4. The second-order valence-corrected chi connectivity index (χ2v) is 3.96. The number of halogens is 1. The largest absolute Gasteiger partial charge is 0.241 e. The van der Waals surface area contributed by atoms with Gasteiger partial charge in [0.2, 0.25) is 0 Å². The molecule has 0 amide bonds. The minimum atomic E-state index is -0.401. The SMILES string of the molecule is CCc1nc2cc(F)cc(C#N)c2s1. The predicted molar refractivity (Wildman–Crippen MR) is 53.7 cm³/mol. The first-order valence-electron chi connectivity index (χ1n) is 4.23. The molecule has 0 fully saturated rings. The molecule has 0 aliphatic carbocycles. The molecule has 1 aromatic carbocycles. The number of aromatic nitrogens is 1. The second-order valence-electron chi connectivity index (χ2n) is 2.87. The third-order valence-corrected chi connectivity index (χ3v) is 3.17. The van der Waals surface area contributed by atoms with Gasteiger partial charge >= 0.3 is 0 Å². The first kappa shape index (κ1) is 9.10. The molecule has 0 bridgehead atoms. The van der Waals surface area contributed by atoms with Crippen molar-refractivity contribution in [2.45, 2.75) is 13.3 Å². The van der Waals surface area contributed by atoms with Crippen LogP contribution in [0.25, 0.3) is 10.2 Å². The van der Waals surface area contributed by atoms with Gasteiger partial charge in [-0.15, -0.1) is 11.3 Å². The molecular weight excluding hydrogens is 199 g/mol. The summed E-state index contributed by atoms with van der Waals surface area (Å²) >= 11 is 1.46. The lowest BCUT2D eigenvalue weighted by atomic mass is 10.2. The van der Waals surface area contributed by atoms with Crippen LogP contribution >= 0.6 is 11.3 Å². The molecule has 4 heteroatoms. The zero-order valence-corrected chi connectivity index (χ0v) is 8.36. The summed E-state index contributed by atoms with van der Waals surface area (Å²) in [6.07, 6.45) is 0.811. The molecule has 0 aliphatic rings. The number of hydrogen-bond donors (Lipinski definition) is 0. The van der Waals surface area contributed by atoms with Crippen molar-refractivity contribution < 1.29 is 4.39 Å². The highest BCUT2D eigenvalue weighted by molar-refractivity contribution is 7.18. The topological polar surface area (TPSA) is 36.7 Å². The predicted octanol–water partition coefficient (Wildman–Crippen LogP) is 2.87. The van der Waals surface area contributed by atoms with Gasteiger partial charge in [0.15, 0.2) is 0 Å². The maximum atomic E-state index is 13.0. The van der Waals surface area contributed by atoms with Crippen molar-refractivity contribution in [3.8, 4) is 6.07 Å². The third kappa shape index (κ3) is 1.36. The molecule has 0 radical (unpaired) electrons. The van der Waals surface area contributed by atoms with E-state index in [9.17, 15) is 4.39 Å². The molecule has 1 heterocycles. The molecule has 2 rings (SSSR count). The summed E-state index contributed by atoms with van der Waals surface area (Å²) in [5.74, 6) is -0.401. The first-order chi connectivity index (χ1) is 6.74. The van der Waals surface area contributed by atoms with Crippen LogP contribution in [0.1, 0.15) is 17.5 Å². The van der Waals surface area contributed by atoms with E-state index in [1.54, 1.807) is 0 Å². The lowest BCUT2D eigenvalue weighted by Crippen LogP contribution is -1.80. The van der Waals surface area contributed by atoms with Gasteiger partial charge in [-0.05, 0) is 12.5 Å². The van der Waals surface area contributed by atoms with Gasteiger partial charge in [0.05, 0.1) is 20.8 Å². The minimum Gasteiger partial charge on any atom is -0.241 e. The Bertz CT molecular complexity index is 525. The van der Waals surface area contributed by atoms with Crippen LogP contribution < -0.4 is 0 Å². The number of aryl methyl sites for hydroxylation is 1. The zero-order chi connectivity index (χ0) is 10.1. The highest BCUT2D eigenvalue weighted by Gasteiger charge is 2.08. The van der Waals surface area contributed by atoms with Crippen LogP contribution in [-0.2, 0) is 6.42 Å². The van der Waals surface area contributed by atoms with E-state index in [1.807, 2.05) is 13.0 Å². The Morgan fingerprint density at radius 2 is 2.36 bits per heavy atom. The van der Waals surface area contributed by atoms with Crippen LogP contribution in [0, 0.1) is 17.1 Å². The van der Waals surface area contributed by atoms with Crippen LogP contribution in [0.5, 0.6) is 0 Å². The summed E-state index contributed by atoms with van der Waals surface area (Å²) < 4.78 is 13.8. The van der Waals surface area contributed by atoms with Gasteiger partial charge in [-0.25, -0.2) is 9.37 Å². The van der Waals surface area contributed by atoms with Gasteiger partial charge < -0.3 is 0 Å². The standard InChI is InChI=1S/C10H7FN2S/c1-2-9-13-8-4-7(11)3-6(5-12)10(8)14-9/h3-4H,2H2,1H3. The van der Waals surface area contributed by atoms with E-state index in [2.05, 4.69) is 4.98 Å². The van der Waals surface area contributed by atoms with E-state index in [1.165, 1.54) is 23.5 Å². The van der Waals surface area contributed by atoms with Crippen molar-refractivity contribution >= 4 is 21.6 Å². The Morgan fingerprint density at radius 1 is 1.57 bits per heavy atom. The molecule has 2 nitrogen and oxygen atoms in total. The molecule has 0 N–H and O–H groups in total. The van der Waals surface area contributed by atoms with E-state index >= 15 is 0 Å². The Kier molecular flexibility index (Phi) is 2.18. The fraction of sp³-hybridized carbons (Fsp3) is 0.200. The molecule has 0 unspecified atom stereocenters. The number of hydrogen-bond acceptors (Lipinski definition) is 3. The van der Waals surface area contributed by atoms with Gasteiger partial charge in [-0.3, -0.25) is 0 Å². The summed E-state index contributed by atoms with van der Waals surface area (Å²) in [6.45, 7) is 1.99. The van der Waals surface area contributed by atoms with Crippen molar-refractivity contribution in [3.05, 3.63) is 28.5 Å². The van der Waals surface area contributed by atoms with Gasteiger partial charge in [0.1, 0.15) is 11.9 Å². The van der Waals surface area contributed by atoms with E-state index in [-0.39, 0.29) is 0 Å². The summed E-state index contributed by atoms with van der Waals surface area (Å²) in [4.78, 5) is 4.23. The van der Waals surface area contributed by atoms with Crippen LogP contribution in [0.3, 0.4) is 0 Å². The van der Waals surface area contributed by atoms with E-state index in [0.29, 0.717) is 11.1 Å². The van der Waals surface area contributed by atoms with Crippen molar-refractivity contribution in [1.29, 1.82) is 5.26 Å². The van der Waals surface area contributed by atoms with Crippen LogP contribution in [0.2, 0.25) is 0 Å².